The van der Waals surface area contributed by atoms with E-state index in [1.54, 1.807) is 19.1 Å². The largest absolute Gasteiger partial charge is 0.437 e. The summed E-state index contributed by atoms with van der Waals surface area (Å²) in [6.07, 6.45) is -0.726. The van der Waals surface area contributed by atoms with Crippen LogP contribution < -0.4 is 11.1 Å². The van der Waals surface area contributed by atoms with E-state index in [2.05, 4.69) is 15.3 Å². The molecule has 17 heavy (non-hydrogen) atoms. The number of oxime groups is 1. The number of benzene rings is 1. The monoisotopic (exact) mass is 275 g/mol. The molecule has 0 spiro atoms. The fraction of sp³-hybridized carbons (Fsp3) is 0.200. The van der Waals surface area contributed by atoms with Crippen LogP contribution in [0.4, 0.5) is 10.5 Å². The third-order valence-electron chi connectivity index (χ3n) is 1.75. The number of carbonyl (C=O) groups is 1. The molecular formula is C10H11Cl2N3O2. The Morgan fingerprint density at radius 3 is 2.76 bits per heavy atom. The van der Waals surface area contributed by atoms with Gasteiger partial charge in [-0.25, -0.2) is 4.79 Å². The number of nitrogens with zero attached hydrogens (tertiary/aromatic N) is 1. The van der Waals surface area contributed by atoms with E-state index < -0.39 is 6.09 Å². The molecule has 5 nitrogen and oxygen atoms in total. The molecule has 0 heterocycles. The highest BCUT2D eigenvalue weighted by atomic mass is 35.5. The maximum Gasteiger partial charge on any atom is 0.437 e. The Morgan fingerprint density at radius 2 is 2.18 bits per heavy atom. The van der Waals surface area contributed by atoms with Crippen LogP contribution in [0.25, 0.3) is 0 Å². The van der Waals surface area contributed by atoms with Crippen LogP contribution in [0.1, 0.15) is 6.92 Å². The molecule has 0 radical (unpaired) electrons. The summed E-state index contributed by atoms with van der Waals surface area (Å²) in [4.78, 5) is 15.8. The van der Waals surface area contributed by atoms with Crippen LogP contribution in [0.15, 0.2) is 23.4 Å². The molecule has 0 saturated heterocycles. The van der Waals surface area contributed by atoms with Crippen LogP contribution in [0, 0.1) is 0 Å². The second-order valence-electron chi connectivity index (χ2n) is 3.16. The van der Waals surface area contributed by atoms with Gasteiger partial charge in [0, 0.05) is 12.2 Å². The number of carbonyl (C=O) groups excluding carboxylic acids is 1. The Bertz CT molecular complexity index is 449. The molecule has 0 aromatic heterocycles. The van der Waals surface area contributed by atoms with Gasteiger partial charge >= 0.3 is 6.09 Å². The molecule has 1 rings (SSSR count). The van der Waals surface area contributed by atoms with E-state index in [1.807, 2.05) is 0 Å². The lowest BCUT2D eigenvalue weighted by atomic mass is 10.3. The van der Waals surface area contributed by atoms with Gasteiger partial charge in [0.15, 0.2) is 0 Å². The van der Waals surface area contributed by atoms with Crippen LogP contribution in [-0.2, 0) is 4.84 Å². The predicted molar refractivity (Wildman–Crippen MR) is 68.7 cm³/mol. The van der Waals surface area contributed by atoms with E-state index in [0.717, 1.165) is 0 Å². The topological polar surface area (TPSA) is 76.7 Å². The van der Waals surface area contributed by atoms with Crippen molar-refractivity contribution < 1.29 is 9.63 Å². The van der Waals surface area contributed by atoms with Crippen LogP contribution in [0.5, 0.6) is 0 Å². The molecule has 0 unspecified atom stereocenters. The number of nitrogens with two attached hydrogens (primary N) is 1. The minimum absolute atomic E-state index is 0.222. The Morgan fingerprint density at radius 1 is 1.47 bits per heavy atom. The molecule has 92 valence electrons. The molecule has 1 aromatic carbocycles. The van der Waals surface area contributed by atoms with Crippen LogP contribution in [0.2, 0.25) is 10.0 Å². The van der Waals surface area contributed by atoms with Gasteiger partial charge in [-0.2, -0.15) is 0 Å². The SMILES string of the molecule is CC(CN)=NOC(=O)Nc1ccc(Cl)c(Cl)c1. The lowest BCUT2D eigenvalue weighted by Crippen LogP contribution is -2.14. The Labute approximate surface area is 109 Å². The second kappa shape index (κ2) is 6.44. The third kappa shape index (κ3) is 4.60. The zero-order valence-corrected chi connectivity index (χ0v) is 10.5. The number of anilines is 1. The minimum atomic E-state index is -0.726. The van der Waals surface area contributed by atoms with Gasteiger partial charge in [-0.1, -0.05) is 28.4 Å². The van der Waals surface area contributed by atoms with Gasteiger partial charge in [-0.3, -0.25) is 10.2 Å². The summed E-state index contributed by atoms with van der Waals surface area (Å²) in [5, 5.41) is 6.68. The van der Waals surface area contributed by atoms with Crippen molar-refractivity contribution in [2.45, 2.75) is 6.92 Å². The summed E-state index contributed by atoms with van der Waals surface area (Å²) >= 11 is 11.5. The van der Waals surface area contributed by atoms with Crippen molar-refractivity contribution in [3.05, 3.63) is 28.2 Å². The van der Waals surface area contributed by atoms with Gasteiger partial charge in [0.05, 0.1) is 15.8 Å². The number of hydrogen-bond donors (Lipinski definition) is 2. The van der Waals surface area contributed by atoms with Crippen LogP contribution in [0.3, 0.4) is 0 Å². The maximum atomic E-state index is 11.3. The highest BCUT2D eigenvalue weighted by Crippen LogP contribution is 2.24. The van der Waals surface area contributed by atoms with E-state index in [9.17, 15) is 4.79 Å². The number of amides is 1. The Balaban J connectivity index is 2.59. The van der Waals surface area contributed by atoms with E-state index in [-0.39, 0.29) is 6.54 Å². The molecule has 0 bridgehead atoms. The molecule has 1 amide bonds. The third-order valence-corrected chi connectivity index (χ3v) is 2.48. The lowest BCUT2D eigenvalue weighted by molar-refractivity contribution is 0.166. The second-order valence-corrected chi connectivity index (χ2v) is 3.98. The van der Waals surface area contributed by atoms with E-state index in [4.69, 9.17) is 28.9 Å². The van der Waals surface area contributed by atoms with Gasteiger partial charge in [0.2, 0.25) is 0 Å². The molecule has 0 atom stereocenters. The highest BCUT2D eigenvalue weighted by molar-refractivity contribution is 6.42. The predicted octanol–water partition coefficient (Wildman–Crippen LogP) is 2.88. The molecule has 7 heteroatoms. The molecule has 1 aromatic rings. The van der Waals surface area contributed by atoms with Crippen LogP contribution in [-0.4, -0.2) is 18.3 Å². The summed E-state index contributed by atoms with van der Waals surface area (Å²) in [5.41, 5.74) is 6.24. The van der Waals surface area contributed by atoms with Crippen LogP contribution >= 0.6 is 23.2 Å². The number of hydrogen-bond acceptors (Lipinski definition) is 4. The molecular weight excluding hydrogens is 265 g/mol. The smallest absolute Gasteiger partial charge is 0.325 e. The van der Waals surface area contributed by atoms with Crippen molar-refractivity contribution in [2.75, 3.05) is 11.9 Å². The summed E-state index contributed by atoms with van der Waals surface area (Å²) < 4.78 is 0. The zero-order chi connectivity index (χ0) is 12.8. The Hall–Kier alpha value is -1.30. The van der Waals surface area contributed by atoms with Crippen molar-refractivity contribution in [3.8, 4) is 0 Å². The average Bonchev–Trinajstić information content (AvgIpc) is 2.31. The summed E-state index contributed by atoms with van der Waals surface area (Å²) in [6.45, 7) is 1.87. The van der Waals surface area contributed by atoms with Gasteiger partial charge in [-0.15, -0.1) is 0 Å². The molecule has 0 aliphatic rings. The molecule has 0 fully saturated rings. The van der Waals surface area contributed by atoms with Crippen molar-refractivity contribution >= 4 is 40.7 Å². The molecule has 0 saturated carbocycles. The first kappa shape index (κ1) is 13.8. The first-order chi connectivity index (χ1) is 8.02. The average molecular weight is 276 g/mol. The standard InChI is InChI=1S/C10H11Cl2N3O2/c1-6(5-13)15-17-10(16)14-7-2-3-8(11)9(12)4-7/h2-4H,5,13H2,1H3,(H,14,16). The first-order valence-electron chi connectivity index (χ1n) is 4.69. The van der Waals surface area contributed by atoms with Gasteiger partial charge < -0.3 is 5.73 Å². The zero-order valence-electron chi connectivity index (χ0n) is 9.04. The summed E-state index contributed by atoms with van der Waals surface area (Å²) in [7, 11) is 0. The number of rotatable bonds is 3. The van der Waals surface area contributed by atoms with Crippen molar-refractivity contribution in [1.82, 2.24) is 0 Å². The van der Waals surface area contributed by atoms with E-state index in [1.165, 1.54) is 6.07 Å². The molecule has 0 aliphatic carbocycles. The summed E-state index contributed by atoms with van der Waals surface area (Å²) in [6, 6.07) is 4.66. The van der Waals surface area contributed by atoms with E-state index >= 15 is 0 Å². The van der Waals surface area contributed by atoms with E-state index in [0.29, 0.717) is 21.4 Å². The molecule has 3 N–H and O–H groups in total. The Kier molecular flexibility index (Phi) is 5.21. The van der Waals surface area contributed by atoms with Gasteiger partial charge in [0.1, 0.15) is 0 Å². The molecule has 0 aliphatic heterocycles. The fourth-order valence-corrected chi connectivity index (χ4v) is 1.17. The van der Waals surface area contributed by atoms with Crippen molar-refractivity contribution in [1.29, 1.82) is 0 Å². The van der Waals surface area contributed by atoms with Gasteiger partial charge in [-0.05, 0) is 25.1 Å². The quantitative estimate of drug-likeness (QED) is 0.506. The lowest BCUT2D eigenvalue weighted by Gasteiger charge is -2.04. The summed E-state index contributed by atoms with van der Waals surface area (Å²) in [5.74, 6) is 0. The fourth-order valence-electron chi connectivity index (χ4n) is 0.871. The number of nitrogens with one attached hydrogen (secondary N) is 1. The highest BCUT2D eigenvalue weighted by Gasteiger charge is 2.05. The first-order valence-corrected chi connectivity index (χ1v) is 5.45. The maximum absolute atomic E-state index is 11.3. The normalized spacial score (nSPS) is 11.2. The minimum Gasteiger partial charge on any atom is -0.325 e. The van der Waals surface area contributed by atoms with Gasteiger partial charge in [0.25, 0.3) is 0 Å². The number of halogens is 2. The van der Waals surface area contributed by atoms with Crippen molar-refractivity contribution in [3.63, 3.8) is 0 Å². The van der Waals surface area contributed by atoms with Crippen molar-refractivity contribution in [2.24, 2.45) is 10.9 Å².